The van der Waals surface area contributed by atoms with E-state index in [0.717, 1.165) is 43.2 Å². The van der Waals surface area contributed by atoms with Crippen LogP contribution >= 0.6 is 0 Å². The Bertz CT molecular complexity index is 1630. The third kappa shape index (κ3) is 11.1. The number of hydrogen-bond acceptors (Lipinski definition) is 8. The van der Waals surface area contributed by atoms with E-state index in [1.807, 2.05) is 19.1 Å². The normalized spacial score (nSPS) is 20.9. The number of carbonyl (C=O) groups is 2. The molecule has 0 heterocycles. The third-order valence-corrected chi connectivity index (χ3v) is 10.0. The van der Waals surface area contributed by atoms with Crippen LogP contribution in [0.2, 0.25) is 0 Å². The molecule has 4 rings (SSSR count). The molecule has 7 N–H and O–H groups in total. The standard InChI is InChI=1S/C41H55N3O7/c1-4-8-27(24-45)21-32(48)16-14-29-23-38(51-33-11-5-6-12-33)40(49)39-35(29)19-18-34(28-9-7-10-31(47)22-28)37(44-41(42)43)20-15-30(25-50-3)36(39)17-13-26(2)46/h7,9-10,21-23,30,33-34,36-37,45,47,49H,4-6,8,11-17,20,24-25H2,1-3H3,(H4,42,43,44)/t30?,34-,36+,37+/m0/s1. The van der Waals surface area contributed by atoms with Crippen LogP contribution in [0.5, 0.6) is 17.2 Å². The van der Waals surface area contributed by atoms with Crippen molar-refractivity contribution in [3.63, 3.8) is 0 Å². The van der Waals surface area contributed by atoms with Gasteiger partial charge >= 0.3 is 0 Å². The number of phenolic OH excluding ortho intramolecular Hbond substituents is 2. The Morgan fingerprint density at radius 1 is 1.06 bits per heavy atom. The Morgan fingerprint density at radius 3 is 2.47 bits per heavy atom. The van der Waals surface area contributed by atoms with E-state index >= 15 is 0 Å². The maximum absolute atomic E-state index is 13.3. The van der Waals surface area contributed by atoms with Crippen LogP contribution in [-0.4, -0.2) is 65.3 Å². The zero-order valence-electron chi connectivity index (χ0n) is 30.3. The molecule has 1 unspecified atom stereocenters. The number of nitrogens with two attached hydrogens (primary N) is 2. The number of methoxy groups -OCH3 is 1. The van der Waals surface area contributed by atoms with Crippen LogP contribution in [0.3, 0.4) is 0 Å². The number of ether oxygens (including phenoxy) is 2. The monoisotopic (exact) mass is 701 g/mol. The number of hydrogen-bond donors (Lipinski definition) is 5. The zero-order valence-corrected chi connectivity index (χ0v) is 30.3. The van der Waals surface area contributed by atoms with Gasteiger partial charge in [0.1, 0.15) is 11.5 Å². The Morgan fingerprint density at radius 2 is 1.82 bits per heavy atom. The smallest absolute Gasteiger partial charge is 0.186 e. The molecule has 1 fully saturated rings. The van der Waals surface area contributed by atoms with E-state index in [1.54, 1.807) is 32.2 Å². The van der Waals surface area contributed by atoms with Gasteiger partial charge in [-0.25, -0.2) is 4.99 Å². The van der Waals surface area contributed by atoms with Gasteiger partial charge in [-0.2, -0.15) is 0 Å². The number of carbonyl (C=O) groups excluding carboxylic acids is 2. The molecule has 51 heavy (non-hydrogen) atoms. The molecule has 4 atom stereocenters. The highest BCUT2D eigenvalue weighted by Gasteiger charge is 2.34. The second kappa shape index (κ2) is 19.3. The van der Waals surface area contributed by atoms with Crippen LogP contribution in [0.15, 0.2) is 47.0 Å². The molecule has 0 aromatic heterocycles. The first-order valence-corrected chi connectivity index (χ1v) is 18.3. The average Bonchev–Trinajstić information content (AvgIpc) is 3.60. The topological polar surface area (TPSA) is 178 Å². The molecule has 276 valence electrons. The van der Waals surface area contributed by atoms with Gasteiger partial charge in [-0.1, -0.05) is 37.3 Å². The first-order valence-electron chi connectivity index (χ1n) is 18.3. The third-order valence-electron chi connectivity index (χ3n) is 10.0. The van der Waals surface area contributed by atoms with Crippen LogP contribution in [0.25, 0.3) is 0 Å². The number of rotatable bonds is 16. The maximum atomic E-state index is 13.3. The van der Waals surface area contributed by atoms with Gasteiger partial charge in [-0.05, 0) is 118 Å². The Labute approximate surface area is 302 Å². The fourth-order valence-electron chi connectivity index (χ4n) is 7.52. The van der Waals surface area contributed by atoms with Crippen molar-refractivity contribution in [2.24, 2.45) is 22.4 Å². The maximum Gasteiger partial charge on any atom is 0.186 e. The van der Waals surface area contributed by atoms with Crippen molar-refractivity contribution in [3.05, 3.63) is 64.2 Å². The highest BCUT2D eigenvalue weighted by molar-refractivity contribution is 5.90. The van der Waals surface area contributed by atoms with Crippen molar-refractivity contribution in [3.8, 4) is 29.1 Å². The molecule has 0 aliphatic heterocycles. The average molecular weight is 702 g/mol. The molecule has 10 heteroatoms. The summed E-state index contributed by atoms with van der Waals surface area (Å²) in [6.07, 6.45) is 9.09. The lowest BCUT2D eigenvalue weighted by Crippen LogP contribution is -2.29. The minimum absolute atomic E-state index is 0.00316. The molecule has 10 nitrogen and oxygen atoms in total. The second-order valence-corrected chi connectivity index (χ2v) is 14.0. The minimum atomic E-state index is -0.529. The van der Waals surface area contributed by atoms with Gasteiger partial charge in [0, 0.05) is 37.7 Å². The number of guanidine groups is 1. The number of aromatic hydroxyl groups is 2. The molecule has 0 spiro atoms. The van der Waals surface area contributed by atoms with Crippen LogP contribution in [-0.2, 0) is 20.7 Å². The molecule has 2 aliphatic rings. The summed E-state index contributed by atoms with van der Waals surface area (Å²) in [6.45, 7) is 3.72. The summed E-state index contributed by atoms with van der Waals surface area (Å²) in [5.74, 6) is 6.07. The molecule has 2 aromatic carbocycles. The number of Topliss-reactive ketones (excluding diaryl/α,β-unsaturated/α-hetero) is 1. The van der Waals surface area contributed by atoms with Gasteiger partial charge < -0.3 is 41.1 Å². The Hall–Kier alpha value is -4.33. The van der Waals surface area contributed by atoms with Crippen molar-refractivity contribution >= 4 is 17.5 Å². The van der Waals surface area contributed by atoms with Crippen molar-refractivity contribution in [1.82, 2.24) is 0 Å². The summed E-state index contributed by atoms with van der Waals surface area (Å²) in [7, 11) is 1.63. The van der Waals surface area contributed by atoms with E-state index in [0.29, 0.717) is 61.2 Å². The molecule has 0 saturated heterocycles. The lowest BCUT2D eigenvalue weighted by molar-refractivity contribution is -0.117. The van der Waals surface area contributed by atoms with Gasteiger partial charge in [-0.15, -0.1) is 0 Å². The molecule has 2 aliphatic carbocycles. The molecule has 2 aromatic rings. The van der Waals surface area contributed by atoms with E-state index < -0.39 is 12.0 Å². The van der Waals surface area contributed by atoms with Crippen LogP contribution in [0.1, 0.15) is 119 Å². The molecular weight excluding hydrogens is 646 g/mol. The fourth-order valence-corrected chi connectivity index (χ4v) is 7.52. The first kappa shape index (κ1) is 39.5. The van der Waals surface area contributed by atoms with Gasteiger partial charge in [0.25, 0.3) is 0 Å². The molecule has 1 saturated carbocycles. The molecular formula is C41H55N3O7. The fraction of sp³-hybridized carbons (Fsp3) is 0.537. The number of aliphatic hydroxyl groups excluding tert-OH is 1. The highest BCUT2D eigenvalue weighted by atomic mass is 16.5. The number of fused-ring (bicyclic) bond motifs is 1. The summed E-state index contributed by atoms with van der Waals surface area (Å²) in [6, 6.07) is 8.21. The van der Waals surface area contributed by atoms with E-state index in [-0.39, 0.29) is 66.4 Å². The Kier molecular flexibility index (Phi) is 15.0. The van der Waals surface area contributed by atoms with Crippen molar-refractivity contribution in [2.75, 3.05) is 20.3 Å². The quantitative estimate of drug-likeness (QED) is 0.0615. The number of aliphatic imine (C=N–C) groups is 1. The summed E-state index contributed by atoms with van der Waals surface area (Å²) >= 11 is 0. The van der Waals surface area contributed by atoms with E-state index in [4.69, 9.17) is 20.9 Å². The van der Waals surface area contributed by atoms with Crippen molar-refractivity contribution < 1.29 is 34.4 Å². The predicted octanol–water partition coefficient (Wildman–Crippen LogP) is 5.93. The first-order chi connectivity index (χ1) is 24.5. The summed E-state index contributed by atoms with van der Waals surface area (Å²) in [5, 5.41) is 32.4. The Balaban J connectivity index is 2.00. The summed E-state index contributed by atoms with van der Waals surface area (Å²) < 4.78 is 12.3. The predicted molar refractivity (Wildman–Crippen MR) is 199 cm³/mol. The van der Waals surface area contributed by atoms with Crippen LogP contribution in [0.4, 0.5) is 0 Å². The van der Waals surface area contributed by atoms with E-state index in [9.17, 15) is 24.9 Å². The number of ketones is 2. The molecule has 0 amide bonds. The van der Waals surface area contributed by atoms with Crippen LogP contribution in [0, 0.1) is 17.8 Å². The summed E-state index contributed by atoms with van der Waals surface area (Å²) in [5.41, 5.74) is 15.2. The van der Waals surface area contributed by atoms with Gasteiger partial charge in [-0.3, -0.25) is 4.79 Å². The van der Waals surface area contributed by atoms with Gasteiger partial charge in [0.2, 0.25) is 0 Å². The SMILES string of the molecule is CCCC(=CC(=O)CCc1cc(OC2CCCC2)c(O)c2c1C#C[C@@H](c1cccc(O)c1)[C@H](N=C(N)N)CCC(COC)[C@H]2CCC(C)=O)CO. The number of nitrogens with zero attached hydrogens (tertiary/aromatic N) is 1. The van der Waals surface area contributed by atoms with E-state index in [2.05, 4.69) is 16.8 Å². The van der Waals surface area contributed by atoms with Gasteiger partial charge in [0.15, 0.2) is 23.2 Å². The number of allylic oxidation sites excluding steroid dienone is 1. The van der Waals surface area contributed by atoms with Crippen molar-refractivity contribution in [2.45, 2.75) is 115 Å². The number of aliphatic hydroxyl groups is 1. The second-order valence-electron chi connectivity index (χ2n) is 14.0. The summed E-state index contributed by atoms with van der Waals surface area (Å²) in [4.78, 5) is 30.3. The highest BCUT2D eigenvalue weighted by Crippen LogP contribution is 2.47. The number of benzene rings is 2. The molecule has 0 radical (unpaired) electrons. The largest absolute Gasteiger partial charge is 0.508 e. The minimum Gasteiger partial charge on any atom is -0.508 e. The number of aryl methyl sites for hydroxylation is 1. The lowest BCUT2D eigenvalue weighted by Gasteiger charge is -2.32. The van der Waals surface area contributed by atoms with Gasteiger partial charge in [0.05, 0.1) is 24.7 Å². The van der Waals surface area contributed by atoms with Crippen LogP contribution < -0.4 is 16.2 Å². The lowest BCUT2D eigenvalue weighted by atomic mass is 9.74. The zero-order chi connectivity index (χ0) is 36.9. The molecule has 0 bridgehead atoms. The number of phenols is 2. The van der Waals surface area contributed by atoms with E-state index in [1.165, 1.54) is 6.08 Å². The van der Waals surface area contributed by atoms with Crippen molar-refractivity contribution in [1.29, 1.82) is 0 Å².